The summed E-state index contributed by atoms with van der Waals surface area (Å²) in [5.74, 6) is -2.56. The number of primary amides is 1. The maximum absolute atomic E-state index is 12.8. The van der Waals surface area contributed by atoms with E-state index in [1.54, 1.807) is 0 Å². The molecule has 0 bridgehead atoms. The molecule has 1 spiro atoms. The number of amides is 4. The Balaban J connectivity index is 1.80. The van der Waals surface area contributed by atoms with Gasteiger partial charge in [0.1, 0.15) is 5.92 Å². The van der Waals surface area contributed by atoms with Gasteiger partial charge in [-0.15, -0.1) is 0 Å². The van der Waals surface area contributed by atoms with Gasteiger partial charge < -0.3 is 25.6 Å². The molecular weight excluding hydrogens is 433 g/mol. The number of nitrogens with one attached hydrogen (secondary N) is 1. The molecule has 2 aliphatic heterocycles. The van der Waals surface area contributed by atoms with Crippen molar-refractivity contribution in [2.24, 2.45) is 11.7 Å². The van der Waals surface area contributed by atoms with Gasteiger partial charge in [-0.2, -0.15) is 13.2 Å². The number of hydrogen-bond acceptors (Lipinski definition) is 5. The van der Waals surface area contributed by atoms with E-state index in [1.807, 2.05) is 0 Å². The van der Waals surface area contributed by atoms with Crippen LogP contribution in [0.25, 0.3) is 0 Å². The molecule has 0 aromatic heterocycles. The third-order valence-electron chi connectivity index (χ3n) is 6.27. The van der Waals surface area contributed by atoms with Gasteiger partial charge in [0.2, 0.25) is 5.91 Å². The second kappa shape index (κ2) is 8.32. The number of nitrogens with two attached hydrogens (primary N) is 1. The third-order valence-corrected chi connectivity index (χ3v) is 6.27. The lowest BCUT2D eigenvalue weighted by Crippen LogP contribution is -2.58. The van der Waals surface area contributed by atoms with E-state index in [4.69, 9.17) is 10.5 Å². The molecule has 1 aromatic rings. The van der Waals surface area contributed by atoms with Gasteiger partial charge in [0.25, 0.3) is 11.8 Å². The summed E-state index contributed by atoms with van der Waals surface area (Å²) in [7, 11) is 2.89. The van der Waals surface area contributed by atoms with E-state index in [2.05, 4.69) is 5.32 Å². The molecule has 12 heteroatoms. The fraction of sp³-hybridized carbons (Fsp3) is 0.500. The van der Waals surface area contributed by atoms with Crippen LogP contribution in [0.3, 0.4) is 0 Å². The predicted molar refractivity (Wildman–Crippen MR) is 104 cm³/mol. The number of benzene rings is 1. The fourth-order valence-corrected chi connectivity index (χ4v) is 4.55. The maximum Gasteiger partial charge on any atom is 0.416 e. The van der Waals surface area contributed by atoms with Crippen molar-refractivity contribution in [1.82, 2.24) is 15.1 Å². The first-order valence-electron chi connectivity index (χ1n) is 9.84. The van der Waals surface area contributed by atoms with Crippen LogP contribution < -0.4 is 11.1 Å². The Morgan fingerprint density at radius 2 is 1.72 bits per heavy atom. The molecule has 32 heavy (non-hydrogen) atoms. The zero-order valence-corrected chi connectivity index (χ0v) is 17.4. The van der Waals surface area contributed by atoms with Crippen LogP contribution >= 0.6 is 0 Å². The number of halogens is 3. The zero-order chi connectivity index (χ0) is 23.8. The van der Waals surface area contributed by atoms with Crippen molar-refractivity contribution in [3.63, 3.8) is 0 Å². The third kappa shape index (κ3) is 3.96. The molecule has 2 aliphatic rings. The first-order valence-corrected chi connectivity index (χ1v) is 9.84. The highest BCUT2D eigenvalue weighted by molar-refractivity contribution is 5.96. The molecule has 1 aromatic carbocycles. The number of carbonyl (C=O) groups is 4. The Labute approximate surface area is 181 Å². The summed E-state index contributed by atoms with van der Waals surface area (Å²) in [5, 5.41) is 2.48. The van der Waals surface area contributed by atoms with Gasteiger partial charge in [0.05, 0.1) is 11.1 Å². The Bertz CT molecular complexity index is 926. The molecule has 174 valence electrons. The van der Waals surface area contributed by atoms with E-state index in [-0.39, 0.29) is 31.5 Å². The molecule has 0 unspecified atom stereocenters. The lowest BCUT2D eigenvalue weighted by atomic mass is 9.75. The number of likely N-dealkylation sites (tertiary alicyclic amines) is 2. The largest absolute Gasteiger partial charge is 0.435 e. The number of nitrogens with zero attached hydrogens (tertiary/aromatic N) is 2. The summed E-state index contributed by atoms with van der Waals surface area (Å²) >= 11 is 0. The molecule has 2 saturated heterocycles. The Kier molecular flexibility index (Phi) is 6.07. The first-order chi connectivity index (χ1) is 14.9. The number of likely N-dealkylation sites (N-methyl/N-ethyl adjacent to an activating group) is 1. The van der Waals surface area contributed by atoms with Crippen molar-refractivity contribution in [2.75, 3.05) is 27.2 Å². The summed E-state index contributed by atoms with van der Waals surface area (Å²) < 4.78 is 43.2. The highest BCUT2D eigenvalue weighted by Crippen LogP contribution is 2.44. The average Bonchev–Trinajstić information content (AvgIpc) is 2.94. The lowest BCUT2D eigenvalue weighted by Gasteiger charge is -2.45. The van der Waals surface area contributed by atoms with Crippen LogP contribution in [0, 0.1) is 5.92 Å². The molecule has 3 N–H and O–H groups in total. The summed E-state index contributed by atoms with van der Waals surface area (Å²) in [5.41, 5.74) is 3.32. The summed E-state index contributed by atoms with van der Waals surface area (Å²) in [4.78, 5) is 52.3. The fourth-order valence-electron chi connectivity index (χ4n) is 4.55. The summed E-state index contributed by atoms with van der Waals surface area (Å²) in [6, 6.07) is 3.92. The molecule has 2 heterocycles. The number of ether oxygens (including phenoxy) is 1. The van der Waals surface area contributed by atoms with Gasteiger partial charge >= 0.3 is 12.3 Å². The number of hydrogen-bond donors (Lipinski definition) is 2. The van der Waals surface area contributed by atoms with Crippen LogP contribution in [0.2, 0.25) is 0 Å². The van der Waals surface area contributed by atoms with Crippen molar-refractivity contribution in [2.45, 2.75) is 30.7 Å². The number of carbonyl (C=O) groups excluding carboxylic acids is 4. The topological polar surface area (TPSA) is 122 Å². The maximum atomic E-state index is 12.8. The second-order valence-electron chi connectivity index (χ2n) is 7.82. The van der Waals surface area contributed by atoms with Crippen molar-refractivity contribution in [3.05, 3.63) is 35.4 Å². The van der Waals surface area contributed by atoms with Crippen LogP contribution in [0.5, 0.6) is 0 Å². The first kappa shape index (κ1) is 23.4. The SMILES string of the molecule is CNC(=O)[C@@H]1[C@@H](OC(N)=O)C(=O)N(C)C12CCN(C(=O)c1ccc(C(F)(F)F)cc1)CC2. The molecule has 0 radical (unpaired) electrons. The number of piperidine rings is 1. The molecular formula is C20H23F3N4O5. The van der Waals surface area contributed by atoms with Crippen LogP contribution in [-0.4, -0.2) is 72.4 Å². The Morgan fingerprint density at radius 3 is 2.19 bits per heavy atom. The Morgan fingerprint density at radius 1 is 1.16 bits per heavy atom. The molecule has 0 aliphatic carbocycles. The van der Waals surface area contributed by atoms with Crippen LogP contribution in [0.4, 0.5) is 18.0 Å². The highest BCUT2D eigenvalue weighted by atomic mass is 19.4. The minimum absolute atomic E-state index is 0.0996. The van der Waals surface area contributed by atoms with Crippen molar-refractivity contribution in [1.29, 1.82) is 0 Å². The smallest absolute Gasteiger partial charge is 0.416 e. The minimum atomic E-state index is -4.50. The molecule has 3 rings (SSSR count). The summed E-state index contributed by atoms with van der Waals surface area (Å²) in [6.07, 6.45) is -6.65. The van der Waals surface area contributed by atoms with Gasteiger partial charge in [-0.05, 0) is 37.1 Å². The van der Waals surface area contributed by atoms with Crippen LogP contribution in [0.15, 0.2) is 24.3 Å². The van der Waals surface area contributed by atoms with E-state index in [1.165, 1.54) is 23.9 Å². The molecule has 2 fully saturated rings. The quantitative estimate of drug-likeness (QED) is 0.702. The number of alkyl halides is 3. The Hall–Kier alpha value is -3.31. The average molecular weight is 456 g/mol. The summed E-state index contributed by atoms with van der Waals surface area (Å²) in [6.45, 7) is 0.294. The van der Waals surface area contributed by atoms with Crippen molar-refractivity contribution >= 4 is 23.8 Å². The minimum Gasteiger partial charge on any atom is -0.435 e. The molecule has 0 saturated carbocycles. The lowest BCUT2D eigenvalue weighted by molar-refractivity contribution is -0.137. The molecule has 4 amide bonds. The predicted octanol–water partition coefficient (Wildman–Crippen LogP) is 0.978. The zero-order valence-electron chi connectivity index (χ0n) is 17.4. The van der Waals surface area contributed by atoms with Gasteiger partial charge in [-0.3, -0.25) is 14.4 Å². The van der Waals surface area contributed by atoms with Crippen molar-refractivity contribution in [3.8, 4) is 0 Å². The highest BCUT2D eigenvalue weighted by Gasteiger charge is 2.62. The van der Waals surface area contributed by atoms with Crippen LogP contribution in [-0.2, 0) is 20.5 Å². The van der Waals surface area contributed by atoms with E-state index < -0.39 is 53.1 Å². The molecule has 9 nitrogen and oxygen atoms in total. The van der Waals surface area contributed by atoms with Gasteiger partial charge in [0.15, 0.2) is 6.10 Å². The second-order valence-corrected chi connectivity index (χ2v) is 7.82. The van der Waals surface area contributed by atoms with E-state index in [0.29, 0.717) is 0 Å². The van der Waals surface area contributed by atoms with Gasteiger partial charge in [-0.1, -0.05) is 0 Å². The normalized spacial score (nSPS) is 22.7. The van der Waals surface area contributed by atoms with Gasteiger partial charge in [-0.25, -0.2) is 4.79 Å². The van der Waals surface area contributed by atoms with E-state index in [9.17, 15) is 32.3 Å². The van der Waals surface area contributed by atoms with Gasteiger partial charge in [0, 0.05) is 32.7 Å². The van der Waals surface area contributed by atoms with E-state index in [0.717, 1.165) is 24.3 Å². The number of rotatable bonds is 3. The molecule has 2 atom stereocenters. The monoisotopic (exact) mass is 456 g/mol. The van der Waals surface area contributed by atoms with Crippen molar-refractivity contribution < 1.29 is 37.1 Å². The van der Waals surface area contributed by atoms with Crippen LogP contribution in [0.1, 0.15) is 28.8 Å². The standard InChI is InChI=1S/C20H23F3N4O5/c1-25-15(28)13-14(32-18(24)31)17(30)26(2)19(13)7-9-27(10-8-19)16(29)11-3-5-12(6-4-11)20(21,22)23/h3-6,13-14H,7-10H2,1-2H3,(H2,24,31)(H,25,28)/t13-,14+/m0/s1. The van der Waals surface area contributed by atoms with E-state index >= 15 is 0 Å².